The average molecular weight is 339 g/mol. The lowest BCUT2D eigenvalue weighted by Crippen LogP contribution is -2.26. The van der Waals surface area contributed by atoms with Gasteiger partial charge in [0.1, 0.15) is 11.4 Å². The van der Waals surface area contributed by atoms with E-state index in [0.29, 0.717) is 17.1 Å². The van der Waals surface area contributed by atoms with Crippen LogP contribution in [-0.4, -0.2) is 38.1 Å². The van der Waals surface area contributed by atoms with Gasteiger partial charge >= 0.3 is 0 Å². The highest BCUT2D eigenvalue weighted by Crippen LogP contribution is 2.21. The van der Waals surface area contributed by atoms with E-state index in [1.54, 1.807) is 13.8 Å². The van der Waals surface area contributed by atoms with Crippen molar-refractivity contribution >= 4 is 21.6 Å². The van der Waals surface area contributed by atoms with Crippen LogP contribution in [-0.2, 0) is 14.9 Å². The molecule has 0 fully saturated rings. The molecule has 0 spiro atoms. The van der Waals surface area contributed by atoms with Crippen molar-refractivity contribution in [3.8, 4) is 0 Å². The van der Waals surface area contributed by atoms with E-state index in [0.717, 1.165) is 4.47 Å². The van der Waals surface area contributed by atoms with Crippen LogP contribution in [0.25, 0.3) is 0 Å². The maximum Gasteiger partial charge on any atom is 0.264 e. The second-order valence-electron chi connectivity index (χ2n) is 4.78. The summed E-state index contributed by atoms with van der Waals surface area (Å²) in [5.41, 5.74) is 1.20. The molecule has 0 bridgehead atoms. The van der Waals surface area contributed by atoms with Gasteiger partial charge in [0.2, 0.25) is 0 Å². The number of hydrogen-bond donors (Lipinski definition) is 1. The highest BCUT2D eigenvalue weighted by molar-refractivity contribution is 7.89. The molecule has 0 atom stereocenters. The number of aryl methyl sites for hydroxylation is 2. The molecule has 0 radical (unpaired) electrons. The van der Waals surface area contributed by atoms with Crippen LogP contribution in [0.15, 0.2) is 33.7 Å². The standard InChI is InChI=1S/C14H17N3O5S/c1-9-13(10(2)22-16-9)15-14(18)11-6-5-7-12(8-11)23(19,20)17(3)21-4/h5-8H,1-4H3,(H,15,18). The monoisotopic (exact) mass is 339 g/mol. The molecular weight excluding hydrogens is 322 g/mol. The van der Waals surface area contributed by atoms with Crippen LogP contribution >= 0.6 is 0 Å². The lowest BCUT2D eigenvalue weighted by Gasteiger charge is -2.14. The number of hydroxylamine groups is 1. The molecule has 8 nitrogen and oxygen atoms in total. The van der Waals surface area contributed by atoms with Gasteiger partial charge in [-0.3, -0.25) is 9.63 Å². The van der Waals surface area contributed by atoms with Crippen molar-refractivity contribution in [3.63, 3.8) is 0 Å². The lowest BCUT2D eigenvalue weighted by molar-refractivity contribution is -0.0258. The zero-order valence-corrected chi connectivity index (χ0v) is 14.0. The van der Waals surface area contributed by atoms with Crippen molar-refractivity contribution in [1.29, 1.82) is 0 Å². The van der Waals surface area contributed by atoms with Crippen molar-refractivity contribution in [2.45, 2.75) is 18.7 Å². The van der Waals surface area contributed by atoms with Gasteiger partial charge in [-0.15, -0.1) is 0 Å². The topological polar surface area (TPSA) is 102 Å². The summed E-state index contributed by atoms with van der Waals surface area (Å²) in [6.45, 7) is 3.37. The Bertz CT molecular complexity index is 809. The third-order valence-electron chi connectivity index (χ3n) is 3.26. The number of nitrogens with one attached hydrogen (secondary N) is 1. The first kappa shape index (κ1) is 17.1. The van der Waals surface area contributed by atoms with Crippen molar-refractivity contribution in [3.05, 3.63) is 41.3 Å². The summed E-state index contributed by atoms with van der Waals surface area (Å²) < 4.78 is 30.1. The summed E-state index contributed by atoms with van der Waals surface area (Å²) in [7, 11) is -1.31. The van der Waals surface area contributed by atoms with E-state index < -0.39 is 15.9 Å². The molecule has 0 aliphatic carbocycles. The number of nitrogens with zero attached hydrogens (tertiary/aromatic N) is 2. The molecular formula is C14H17N3O5S. The van der Waals surface area contributed by atoms with E-state index in [1.807, 2.05) is 0 Å². The molecule has 1 amide bonds. The maximum absolute atomic E-state index is 12.3. The zero-order valence-electron chi connectivity index (χ0n) is 13.2. The summed E-state index contributed by atoms with van der Waals surface area (Å²) in [5, 5.41) is 6.41. The summed E-state index contributed by atoms with van der Waals surface area (Å²) >= 11 is 0. The predicted molar refractivity (Wildman–Crippen MR) is 82.3 cm³/mol. The fraction of sp³-hybridized carbons (Fsp3) is 0.286. The Morgan fingerprint density at radius 2 is 2.04 bits per heavy atom. The van der Waals surface area contributed by atoms with E-state index in [1.165, 1.54) is 38.4 Å². The van der Waals surface area contributed by atoms with Crippen LogP contribution in [0.1, 0.15) is 21.8 Å². The SMILES string of the molecule is CON(C)S(=O)(=O)c1cccc(C(=O)Nc2c(C)noc2C)c1. The molecule has 1 heterocycles. The molecule has 1 aromatic carbocycles. The number of rotatable bonds is 5. The van der Waals surface area contributed by atoms with Gasteiger partial charge < -0.3 is 9.84 Å². The Kier molecular flexibility index (Phi) is 4.83. The summed E-state index contributed by atoms with van der Waals surface area (Å²) in [5.74, 6) is 0.00950. The fourth-order valence-corrected chi connectivity index (χ4v) is 2.91. The van der Waals surface area contributed by atoms with E-state index in [-0.39, 0.29) is 10.5 Å². The molecule has 124 valence electrons. The van der Waals surface area contributed by atoms with Gasteiger partial charge in [0, 0.05) is 12.6 Å². The Morgan fingerprint density at radius 1 is 1.35 bits per heavy atom. The Hall–Kier alpha value is -2.23. The zero-order chi connectivity index (χ0) is 17.2. The molecule has 9 heteroatoms. The van der Waals surface area contributed by atoms with Crippen LogP contribution < -0.4 is 5.32 Å². The number of hydrogen-bond acceptors (Lipinski definition) is 6. The molecule has 0 unspecified atom stereocenters. The Balaban J connectivity index is 2.32. The quantitative estimate of drug-likeness (QED) is 0.832. The van der Waals surface area contributed by atoms with Crippen LogP contribution in [0.3, 0.4) is 0 Å². The van der Waals surface area contributed by atoms with Gasteiger partial charge in [-0.1, -0.05) is 15.7 Å². The van der Waals surface area contributed by atoms with E-state index in [9.17, 15) is 13.2 Å². The molecule has 0 saturated carbocycles. The van der Waals surface area contributed by atoms with Crippen LogP contribution in [0, 0.1) is 13.8 Å². The number of amides is 1. The molecule has 23 heavy (non-hydrogen) atoms. The summed E-state index contributed by atoms with van der Waals surface area (Å²) in [6.07, 6.45) is 0. The first-order valence-corrected chi connectivity index (χ1v) is 8.08. The van der Waals surface area contributed by atoms with Gasteiger partial charge in [-0.05, 0) is 32.0 Å². The number of carbonyl (C=O) groups excluding carboxylic acids is 1. The minimum atomic E-state index is -3.82. The second kappa shape index (κ2) is 6.49. The van der Waals surface area contributed by atoms with E-state index >= 15 is 0 Å². The van der Waals surface area contributed by atoms with Crippen molar-refractivity contribution in [1.82, 2.24) is 9.63 Å². The number of anilines is 1. The third-order valence-corrected chi connectivity index (χ3v) is 4.94. The first-order valence-electron chi connectivity index (χ1n) is 6.64. The predicted octanol–water partition coefficient (Wildman–Crippen LogP) is 1.73. The largest absolute Gasteiger partial charge is 0.359 e. The first-order chi connectivity index (χ1) is 10.8. The van der Waals surface area contributed by atoms with Crippen LogP contribution in [0.5, 0.6) is 0 Å². The Morgan fingerprint density at radius 3 is 2.61 bits per heavy atom. The van der Waals surface area contributed by atoms with Crippen LogP contribution in [0.2, 0.25) is 0 Å². The molecule has 1 aromatic heterocycles. The number of carbonyl (C=O) groups is 1. The van der Waals surface area contributed by atoms with Gasteiger partial charge in [0.05, 0.1) is 12.0 Å². The minimum Gasteiger partial charge on any atom is -0.359 e. The van der Waals surface area contributed by atoms with Gasteiger partial charge in [0.25, 0.3) is 15.9 Å². The van der Waals surface area contributed by atoms with Crippen molar-refractivity contribution < 1.29 is 22.6 Å². The molecule has 2 rings (SSSR count). The highest BCUT2D eigenvalue weighted by atomic mass is 32.2. The van der Waals surface area contributed by atoms with E-state index in [4.69, 9.17) is 9.36 Å². The summed E-state index contributed by atoms with van der Waals surface area (Å²) in [6, 6.07) is 5.66. The number of benzene rings is 1. The number of sulfonamides is 1. The molecule has 1 N–H and O–H groups in total. The fourth-order valence-electron chi connectivity index (χ4n) is 1.89. The molecule has 0 aliphatic heterocycles. The van der Waals surface area contributed by atoms with Gasteiger partial charge in [0.15, 0.2) is 5.76 Å². The van der Waals surface area contributed by atoms with Gasteiger partial charge in [-0.25, -0.2) is 8.42 Å². The van der Waals surface area contributed by atoms with Crippen molar-refractivity contribution in [2.24, 2.45) is 0 Å². The molecule has 2 aromatic rings. The van der Waals surface area contributed by atoms with Gasteiger partial charge in [-0.2, -0.15) is 0 Å². The number of aromatic nitrogens is 1. The second-order valence-corrected chi connectivity index (χ2v) is 6.71. The van der Waals surface area contributed by atoms with Crippen molar-refractivity contribution in [2.75, 3.05) is 19.5 Å². The summed E-state index contributed by atoms with van der Waals surface area (Å²) in [4.78, 5) is 17.0. The minimum absolute atomic E-state index is 0.0479. The highest BCUT2D eigenvalue weighted by Gasteiger charge is 2.22. The molecule has 0 aliphatic rings. The Labute approximate surface area is 134 Å². The smallest absolute Gasteiger partial charge is 0.264 e. The van der Waals surface area contributed by atoms with Crippen LogP contribution in [0.4, 0.5) is 5.69 Å². The normalized spacial score (nSPS) is 11.7. The van der Waals surface area contributed by atoms with E-state index in [2.05, 4.69) is 10.5 Å². The molecule has 0 saturated heterocycles. The lowest BCUT2D eigenvalue weighted by atomic mass is 10.2. The third kappa shape index (κ3) is 3.41. The maximum atomic E-state index is 12.3. The average Bonchev–Trinajstić information content (AvgIpc) is 2.85.